The molecule has 0 unspecified atom stereocenters. The fraction of sp³-hybridized carbons (Fsp3) is 0.0833. The second kappa shape index (κ2) is 8.57. The lowest BCUT2D eigenvalue weighted by Gasteiger charge is -2.13. The van der Waals surface area contributed by atoms with Crippen molar-refractivity contribution in [2.24, 2.45) is 0 Å². The van der Waals surface area contributed by atoms with Crippen molar-refractivity contribution in [1.82, 2.24) is 14.5 Å². The van der Waals surface area contributed by atoms with E-state index < -0.39 is 5.97 Å². The summed E-state index contributed by atoms with van der Waals surface area (Å²) in [7, 11) is 1.33. The largest absolute Gasteiger partial charge is 0.465 e. The molecule has 0 N–H and O–H groups in total. The maximum atomic E-state index is 13.4. The minimum absolute atomic E-state index is 0.190. The van der Waals surface area contributed by atoms with Gasteiger partial charge in [0.05, 0.1) is 45.2 Å². The Morgan fingerprint density at radius 3 is 2.56 bits per heavy atom. The number of thioether (sulfide) groups is 1. The molecular formula is C24H17N3O3S2. The Bertz CT molecular complexity index is 1480. The normalized spacial score (nSPS) is 11.2. The quantitative estimate of drug-likeness (QED) is 0.207. The molecule has 0 atom stereocenters. The van der Waals surface area contributed by atoms with Gasteiger partial charge < -0.3 is 4.74 Å². The van der Waals surface area contributed by atoms with Gasteiger partial charge in [-0.15, -0.1) is 11.3 Å². The van der Waals surface area contributed by atoms with E-state index in [0.29, 0.717) is 27.4 Å². The Morgan fingerprint density at radius 2 is 1.78 bits per heavy atom. The Hall–Kier alpha value is -3.49. The molecule has 5 aromatic rings. The van der Waals surface area contributed by atoms with Crippen LogP contribution in [0.4, 0.5) is 0 Å². The zero-order chi connectivity index (χ0) is 22.1. The lowest BCUT2D eigenvalue weighted by atomic mass is 10.1. The van der Waals surface area contributed by atoms with Gasteiger partial charge in [-0.1, -0.05) is 42.1 Å². The van der Waals surface area contributed by atoms with Gasteiger partial charge in [-0.3, -0.25) is 9.36 Å². The number of rotatable bonds is 5. The van der Waals surface area contributed by atoms with Crippen molar-refractivity contribution in [1.29, 1.82) is 0 Å². The van der Waals surface area contributed by atoms with E-state index in [0.717, 1.165) is 20.9 Å². The molecule has 0 radical (unpaired) electrons. The number of hydrogen-bond acceptors (Lipinski definition) is 7. The van der Waals surface area contributed by atoms with E-state index in [1.807, 2.05) is 54.6 Å². The molecule has 32 heavy (non-hydrogen) atoms. The number of carbonyl (C=O) groups is 1. The Kier molecular flexibility index (Phi) is 5.46. The van der Waals surface area contributed by atoms with Gasteiger partial charge in [-0.2, -0.15) is 0 Å². The number of esters is 1. The third kappa shape index (κ3) is 3.79. The van der Waals surface area contributed by atoms with Crippen LogP contribution in [0.1, 0.15) is 15.4 Å². The van der Waals surface area contributed by atoms with Gasteiger partial charge in [0.2, 0.25) is 0 Å². The zero-order valence-electron chi connectivity index (χ0n) is 17.0. The fourth-order valence-electron chi connectivity index (χ4n) is 3.42. The highest BCUT2D eigenvalue weighted by molar-refractivity contribution is 7.98. The van der Waals surface area contributed by atoms with E-state index in [1.165, 1.54) is 18.9 Å². The van der Waals surface area contributed by atoms with Gasteiger partial charge in [0.25, 0.3) is 5.56 Å². The highest BCUT2D eigenvalue weighted by Gasteiger charge is 2.16. The SMILES string of the molecule is COC(=O)c1ccc2c(=O)n(-c3ccccc3)c(SCc3nc4ccccc4s3)nc2c1. The number of thiazole rings is 1. The minimum atomic E-state index is -0.468. The summed E-state index contributed by atoms with van der Waals surface area (Å²) in [5, 5.41) is 1.93. The molecule has 0 aliphatic rings. The van der Waals surface area contributed by atoms with Gasteiger partial charge in [-0.25, -0.2) is 14.8 Å². The van der Waals surface area contributed by atoms with Crippen molar-refractivity contribution in [3.8, 4) is 5.69 Å². The van der Waals surface area contributed by atoms with Crippen molar-refractivity contribution in [3.05, 3.63) is 93.7 Å². The van der Waals surface area contributed by atoms with Gasteiger partial charge in [0.1, 0.15) is 5.01 Å². The standard InChI is InChI=1S/C24H17N3O3S2/c1-30-23(29)15-11-12-17-19(13-15)26-24(27(22(17)28)16-7-3-2-4-8-16)31-14-21-25-18-9-5-6-10-20(18)32-21/h2-13H,14H2,1H3. The van der Waals surface area contributed by atoms with Gasteiger partial charge in [0.15, 0.2) is 5.16 Å². The minimum Gasteiger partial charge on any atom is -0.465 e. The molecule has 0 fully saturated rings. The number of para-hydroxylation sites is 2. The summed E-state index contributed by atoms with van der Waals surface area (Å²) in [6.07, 6.45) is 0. The molecule has 5 rings (SSSR count). The molecule has 0 aliphatic heterocycles. The summed E-state index contributed by atoms with van der Waals surface area (Å²) >= 11 is 3.07. The molecular weight excluding hydrogens is 442 g/mol. The average Bonchev–Trinajstić information content (AvgIpc) is 3.25. The molecule has 2 aromatic heterocycles. The number of carbonyl (C=O) groups excluding carboxylic acids is 1. The van der Waals surface area contributed by atoms with Crippen LogP contribution in [0.25, 0.3) is 26.8 Å². The molecule has 3 aromatic carbocycles. The highest BCUT2D eigenvalue weighted by atomic mass is 32.2. The van der Waals surface area contributed by atoms with E-state index in [9.17, 15) is 9.59 Å². The van der Waals surface area contributed by atoms with Crippen molar-refractivity contribution in [2.45, 2.75) is 10.9 Å². The first-order valence-electron chi connectivity index (χ1n) is 9.82. The van der Waals surface area contributed by atoms with E-state index in [2.05, 4.69) is 4.98 Å². The van der Waals surface area contributed by atoms with Crippen molar-refractivity contribution in [3.63, 3.8) is 0 Å². The first-order valence-corrected chi connectivity index (χ1v) is 11.6. The van der Waals surface area contributed by atoms with Crippen LogP contribution >= 0.6 is 23.1 Å². The van der Waals surface area contributed by atoms with E-state index >= 15 is 0 Å². The van der Waals surface area contributed by atoms with Crippen LogP contribution in [0.2, 0.25) is 0 Å². The average molecular weight is 460 g/mol. The van der Waals surface area contributed by atoms with E-state index in [1.54, 1.807) is 34.1 Å². The summed E-state index contributed by atoms with van der Waals surface area (Å²) in [5.74, 6) is 0.102. The molecule has 8 heteroatoms. The lowest BCUT2D eigenvalue weighted by Crippen LogP contribution is -2.22. The predicted octanol–water partition coefficient (Wildman–Crippen LogP) is 5.07. The third-order valence-corrected chi connectivity index (χ3v) is 7.11. The Balaban J connectivity index is 1.62. The monoisotopic (exact) mass is 459 g/mol. The molecule has 2 heterocycles. The molecule has 6 nitrogen and oxygen atoms in total. The first kappa shape index (κ1) is 20.4. The van der Waals surface area contributed by atoms with Crippen molar-refractivity contribution in [2.75, 3.05) is 7.11 Å². The number of hydrogen-bond donors (Lipinski definition) is 0. The maximum absolute atomic E-state index is 13.4. The van der Waals surface area contributed by atoms with Crippen LogP contribution in [0.3, 0.4) is 0 Å². The lowest BCUT2D eigenvalue weighted by molar-refractivity contribution is 0.0601. The van der Waals surface area contributed by atoms with Crippen LogP contribution in [-0.2, 0) is 10.5 Å². The third-order valence-electron chi connectivity index (χ3n) is 4.94. The molecule has 0 saturated carbocycles. The summed E-state index contributed by atoms with van der Waals surface area (Å²) in [4.78, 5) is 34.8. The smallest absolute Gasteiger partial charge is 0.337 e. The van der Waals surface area contributed by atoms with Crippen LogP contribution in [0.5, 0.6) is 0 Å². The zero-order valence-corrected chi connectivity index (χ0v) is 18.7. The first-order chi connectivity index (χ1) is 15.6. The van der Waals surface area contributed by atoms with Crippen LogP contribution < -0.4 is 5.56 Å². The topological polar surface area (TPSA) is 74.1 Å². The fourth-order valence-corrected chi connectivity index (χ4v) is 5.39. The predicted molar refractivity (Wildman–Crippen MR) is 128 cm³/mol. The maximum Gasteiger partial charge on any atom is 0.337 e. The van der Waals surface area contributed by atoms with Gasteiger partial charge in [0, 0.05) is 0 Å². The number of methoxy groups -OCH3 is 1. The van der Waals surface area contributed by atoms with Crippen LogP contribution in [0, 0.1) is 0 Å². The molecule has 0 saturated heterocycles. The van der Waals surface area contributed by atoms with Gasteiger partial charge >= 0.3 is 5.97 Å². The Morgan fingerprint density at radius 1 is 1.00 bits per heavy atom. The molecule has 158 valence electrons. The number of benzene rings is 3. The Labute approximate surface area is 191 Å². The molecule has 0 amide bonds. The second-order valence-corrected chi connectivity index (χ2v) is 9.02. The van der Waals surface area contributed by atoms with Crippen molar-refractivity contribution >= 4 is 50.2 Å². The summed E-state index contributed by atoms with van der Waals surface area (Å²) in [6.45, 7) is 0. The summed E-state index contributed by atoms with van der Waals surface area (Å²) in [5.41, 5.74) is 2.31. The second-order valence-electron chi connectivity index (χ2n) is 6.96. The number of aromatic nitrogens is 3. The van der Waals surface area contributed by atoms with E-state index in [-0.39, 0.29) is 5.56 Å². The van der Waals surface area contributed by atoms with Crippen LogP contribution in [-0.4, -0.2) is 27.6 Å². The molecule has 0 spiro atoms. The summed E-state index contributed by atoms with van der Waals surface area (Å²) in [6, 6.07) is 22.2. The molecule has 0 aliphatic carbocycles. The summed E-state index contributed by atoms with van der Waals surface area (Å²) < 4.78 is 7.54. The van der Waals surface area contributed by atoms with Crippen molar-refractivity contribution < 1.29 is 9.53 Å². The number of nitrogens with zero attached hydrogens (tertiary/aromatic N) is 3. The number of fused-ring (bicyclic) bond motifs is 2. The van der Waals surface area contributed by atoms with E-state index in [4.69, 9.17) is 9.72 Å². The van der Waals surface area contributed by atoms with Gasteiger partial charge in [-0.05, 0) is 42.5 Å². The van der Waals surface area contributed by atoms with Crippen LogP contribution in [0.15, 0.2) is 82.7 Å². The highest BCUT2D eigenvalue weighted by Crippen LogP contribution is 2.29. The number of ether oxygens (including phenoxy) is 1. The molecule has 0 bridgehead atoms.